The van der Waals surface area contributed by atoms with Gasteiger partial charge < -0.3 is 9.88 Å². The van der Waals surface area contributed by atoms with Crippen LogP contribution in [-0.4, -0.2) is 20.4 Å². The molecule has 0 aliphatic rings. The molecule has 28 heavy (non-hydrogen) atoms. The van der Waals surface area contributed by atoms with Crippen molar-refractivity contribution in [1.29, 1.82) is 0 Å². The first-order valence-electron chi connectivity index (χ1n) is 9.19. The zero-order chi connectivity index (χ0) is 19.1. The lowest BCUT2D eigenvalue weighted by atomic mass is 10.2. The highest BCUT2D eigenvalue weighted by atomic mass is 16.1. The Bertz CT molecular complexity index is 1340. The van der Waals surface area contributed by atoms with Crippen molar-refractivity contribution in [2.75, 3.05) is 5.32 Å². The molecule has 2 heterocycles. The number of carbonyl (C=O) groups is 1. The van der Waals surface area contributed by atoms with Crippen LogP contribution in [0.5, 0.6) is 0 Å². The number of hydrogen-bond acceptors (Lipinski definition) is 3. The lowest BCUT2D eigenvalue weighted by Gasteiger charge is -2.09. The second-order valence-corrected chi connectivity index (χ2v) is 6.90. The van der Waals surface area contributed by atoms with Crippen LogP contribution in [0.1, 0.15) is 5.56 Å². The number of aryl methyl sites for hydroxylation is 1. The van der Waals surface area contributed by atoms with Gasteiger partial charge in [0.2, 0.25) is 5.91 Å². The molecule has 0 spiro atoms. The van der Waals surface area contributed by atoms with Crippen LogP contribution in [0, 0.1) is 6.92 Å². The molecule has 5 heteroatoms. The van der Waals surface area contributed by atoms with Gasteiger partial charge in [0.25, 0.3) is 0 Å². The molecule has 5 aromatic rings. The van der Waals surface area contributed by atoms with Crippen molar-refractivity contribution in [3.63, 3.8) is 0 Å². The summed E-state index contributed by atoms with van der Waals surface area (Å²) in [5, 5.41) is 3.96. The molecule has 3 aromatic carbocycles. The molecule has 0 saturated heterocycles. The molecule has 1 N–H and O–H groups in total. The highest BCUT2D eigenvalue weighted by Gasteiger charge is 2.16. The molecule has 0 bridgehead atoms. The van der Waals surface area contributed by atoms with E-state index in [0.717, 1.165) is 44.4 Å². The molecule has 0 aliphatic heterocycles. The number of nitrogens with one attached hydrogen (secondary N) is 1. The van der Waals surface area contributed by atoms with Crippen LogP contribution in [0.3, 0.4) is 0 Å². The Labute approximate surface area is 161 Å². The average Bonchev–Trinajstić information content (AvgIpc) is 3.01. The van der Waals surface area contributed by atoms with E-state index in [-0.39, 0.29) is 12.5 Å². The van der Waals surface area contributed by atoms with Crippen LogP contribution in [0.15, 0.2) is 72.8 Å². The van der Waals surface area contributed by atoms with Crippen LogP contribution in [0.4, 0.5) is 5.69 Å². The zero-order valence-corrected chi connectivity index (χ0v) is 15.4. The van der Waals surface area contributed by atoms with Crippen LogP contribution >= 0.6 is 0 Å². The van der Waals surface area contributed by atoms with E-state index in [1.807, 2.05) is 84.3 Å². The standard InChI is InChI=1S/C23H18N4O/c1-15-10-12-16(13-11-15)24-21(28)14-27-20-9-5-2-6-17(20)22-23(27)26-19-8-4-3-7-18(19)25-22/h2-13H,14H2,1H3,(H,24,28). The molecule has 0 saturated carbocycles. The summed E-state index contributed by atoms with van der Waals surface area (Å²) in [7, 11) is 0. The fourth-order valence-electron chi connectivity index (χ4n) is 3.52. The highest BCUT2D eigenvalue weighted by Crippen LogP contribution is 2.28. The molecule has 5 rings (SSSR count). The molecule has 5 nitrogen and oxygen atoms in total. The Balaban J connectivity index is 1.61. The van der Waals surface area contributed by atoms with Gasteiger partial charge in [-0.15, -0.1) is 0 Å². The minimum absolute atomic E-state index is 0.0959. The van der Waals surface area contributed by atoms with Crippen LogP contribution < -0.4 is 5.32 Å². The van der Waals surface area contributed by atoms with Crippen molar-refractivity contribution in [2.24, 2.45) is 0 Å². The first-order chi connectivity index (χ1) is 13.7. The maximum atomic E-state index is 12.7. The Hall–Kier alpha value is -3.73. The molecule has 1 amide bonds. The van der Waals surface area contributed by atoms with Gasteiger partial charge in [-0.05, 0) is 37.3 Å². The van der Waals surface area contributed by atoms with Crippen LogP contribution in [0.25, 0.3) is 33.1 Å². The Morgan fingerprint density at radius 3 is 2.36 bits per heavy atom. The number of para-hydroxylation sites is 3. The third-order valence-corrected chi connectivity index (χ3v) is 4.89. The third-order valence-electron chi connectivity index (χ3n) is 4.89. The molecule has 0 fully saturated rings. The van der Waals surface area contributed by atoms with E-state index in [0.29, 0.717) is 0 Å². The topological polar surface area (TPSA) is 59.8 Å². The minimum atomic E-state index is -0.0959. The number of fused-ring (bicyclic) bond motifs is 4. The summed E-state index contributed by atoms with van der Waals surface area (Å²) in [6, 6.07) is 23.5. The number of rotatable bonds is 3. The zero-order valence-electron chi connectivity index (χ0n) is 15.4. The van der Waals surface area contributed by atoms with E-state index in [4.69, 9.17) is 9.97 Å². The molecule has 136 valence electrons. The Morgan fingerprint density at radius 1 is 0.893 bits per heavy atom. The number of carbonyl (C=O) groups excluding carboxylic acids is 1. The molecular formula is C23H18N4O. The maximum Gasteiger partial charge on any atom is 0.244 e. The summed E-state index contributed by atoms with van der Waals surface area (Å²) in [6.45, 7) is 2.19. The van der Waals surface area contributed by atoms with Gasteiger partial charge in [-0.3, -0.25) is 4.79 Å². The minimum Gasteiger partial charge on any atom is -0.325 e. The number of nitrogens with zero attached hydrogens (tertiary/aromatic N) is 3. The SMILES string of the molecule is Cc1ccc(NC(=O)Cn2c3ccccc3c3nc4ccccc4nc32)cc1. The first-order valence-corrected chi connectivity index (χ1v) is 9.19. The third kappa shape index (κ3) is 2.77. The molecule has 0 aliphatic carbocycles. The number of anilines is 1. The lowest BCUT2D eigenvalue weighted by molar-refractivity contribution is -0.116. The highest BCUT2D eigenvalue weighted by molar-refractivity contribution is 6.07. The number of benzene rings is 3. The number of hydrogen-bond donors (Lipinski definition) is 1. The van der Waals surface area contributed by atoms with Gasteiger partial charge in [-0.2, -0.15) is 0 Å². The number of aromatic nitrogens is 3. The monoisotopic (exact) mass is 366 g/mol. The second kappa shape index (κ2) is 6.46. The van der Waals surface area contributed by atoms with Crippen LogP contribution in [0.2, 0.25) is 0 Å². The van der Waals surface area contributed by atoms with Crippen LogP contribution in [-0.2, 0) is 11.3 Å². The van der Waals surface area contributed by atoms with Gasteiger partial charge in [0.1, 0.15) is 12.1 Å². The average molecular weight is 366 g/mol. The van der Waals surface area contributed by atoms with Gasteiger partial charge in [0, 0.05) is 11.1 Å². The normalized spacial score (nSPS) is 11.3. The van der Waals surface area contributed by atoms with Crippen molar-refractivity contribution in [3.05, 3.63) is 78.4 Å². The van der Waals surface area contributed by atoms with Gasteiger partial charge in [-0.1, -0.05) is 48.0 Å². The van der Waals surface area contributed by atoms with Crippen molar-refractivity contribution in [2.45, 2.75) is 13.5 Å². The van der Waals surface area contributed by atoms with Crippen molar-refractivity contribution in [3.8, 4) is 0 Å². The van der Waals surface area contributed by atoms with E-state index < -0.39 is 0 Å². The quantitative estimate of drug-likeness (QED) is 0.504. The fraction of sp³-hybridized carbons (Fsp3) is 0.0870. The maximum absolute atomic E-state index is 12.7. The molecule has 0 unspecified atom stereocenters. The number of amides is 1. The molecule has 2 aromatic heterocycles. The smallest absolute Gasteiger partial charge is 0.244 e. The van der Waals surface area contributed by atoms with Gasteiger partial charge in [-0.25, -0.2) is 9.97 Å². The van der Waals surface area contributed by atoms with Gasteiger partial charge >= 0.3 is 0 Å². The Kier molecular flexibility index (Phi) is 3.79. The fourth-order valence-corrected chi connectivity index (χ4v) is 3.52. The molecular weight excluding hydrogens is 348 g/mol. The predicted octanol–water partition coefficient (Wildman–Crippen LogP) is 4.68. The summed E-state index contributed by atoms with van der Waals surface area (Å²) in [4.78, 5) is 22.4. The van der Waals surface area contributed by atoms with Gasteiger partial charge in [0.05, 0.1) is 16.6 Å². The lowest BCUT2D eigenvalue weighted by Crippen LogP contribution is -2.18. The summed E-state index contributed by atoms with van der Waals surface area (Å²) in [6.07, 6.45) is 0. The van der Waals surface area contributed by atoms with E-state index >= 15 is 0 Å². The summed E-state index contributed by atoms with van der Waals surface area (Å²) < 4.78 is 1.94. The van der Waals surface area contributed by atoms with E-state index in [2.05, 4.69) is 5.32 Å². The second-order valence-electron chi connectivity index (χ2n) is 6.90. The summed E-state index contributed by atoms with van der Waals surface area (Å²) in [5.41, 5.74) is 6.10. The molecule has 0 radical (unpaired) electrons. The van der Waals surface area contributed by atoms with E-state index in [9.17, 15) is 4.79 Å². The molecule has 0 atom stereocenters. The predicted molar refractivity (Wildman–Crippen MR) is 112 cm³/mol. The van der Waals surface area contributed by atoms with Crippen molar-refractivity contribution >= 4 is 44.7 Å². The van der Waals surface area contributed by atoms with Crippen molar-refractivity contribution in [1.82, 2.24) is 14.5 Å². The summed E-state index contributed by atoms with van der Waals surface area (Å²) in [5.74, 6) is -0.0959. The van der Waals surface area contributed by atoms with E-state index in [1.54, 1.807) is 0 Å². The van der Waals surface area contributed by atoms with E-state index in [1.165, 1.54) is 0 Å². The largest absolute Gasteiger partial charge is 0.325 e. The van der Waals surface area contributed by atoms with Gasteiger partial charge in [0.15, 0.2) is 5.65 Å². The first kappa shape index (κ1) is 16.4. The summed E-state index contributed by atoms with van der Waals surface area (Å²) >= 11 is 0. The van der Waals surface area contributed by atoms with Crippen molar-refractivity contribution < 1.29 is 4.79 Å². The Morgan fingerprint density at radius 2 is 1.57 bits per heavy atom.